The van der Waals surface area contributed by atoms with Crippen LogP contribution in [0.4, 0.5) is 0 Å². The first kappa shape index (κ1) is 12.0. The number of aromatic amines is 1. The fourth-order valence-corrected chi connectivity index (χ4v) is 2.24. The normalized spacial score (nSPS) is 32.9. The summed E-state index contributed by atoms with van der Waals surface area (Å²) in [7, 11) is 0. The zero-order valence-electron chi connectivity index (χ0n) is 8.98. The van der Waals surface area contributed by atoms with Crippen LogP contribution in [0.3, 0.4) is 0 Å². The van der Waals surface area contributed by atoms with Crippen molar-refractivity contribution in [2.45, 2.75) is 24.7 Å². The summed E-state index contributed by atoms with van der Waals surface area (Å²) in [6.07, 6.45) is -0.633. The van der Waals surface area contributed by atoms with Crippen LogP contribution in [0.1, 0.15) is 12.5 Å². The second-order valence-electron chi connectivity index (χ2n) is 4.24. The fourth-order valence-electron chi connectivity index (χ4n) is 2.24. The van der Waals surface area contributed by atoms with Gasteiger partial charge in [0.1, 0.15) is 6.10 Å². The van der Waals surface area contributed by atoms with Crippen molar-refractivity contribution in [2.24, 2.45) is 5.92 Å². The Balaban J connectivity index is 2.35. The Morgan fingerprint density at radius 3 is 2.59 bits per heavy atom. The van der Waals surface area contributed by atoms with E-state index in [0.29, 0.717) is 0 Å². The predicted octanol–water partition coefficient (Wildman–Crippen LogP) is -2.19. The van der Waals surface area contributed by atoms with Gasteiger partial charge in [-0.1, -0.05) is 0 Å². The first-order valence-electron chi connectivity index (χ1n) is 5.33. The lowest BCUT2D eigenvalue weighted by molar-refractivity contribution is -0.00455. The van der Waals surface area contributed by atoms with Crippen LogP contribution in [0, 0.1) is 5.92 Å². The van der Waals surface area contributed by atoms with Gasteiger partial charge >= 0.3 is 5.69 Å². The number of aromatic nitrogens is 2. The van der Waals surface area contributed by atoms with E-state index in [1.807, 2.05) is 0 Å². The Morgan fingerprint density at radius 1 is 1.35 bits per heavy atom. The Hall–Kier alpha value is -1.44. The Labute approximate surface area is 96.0 Å². The smallest absolute Gasteiger partial charge is 0.328 e. The Bertz CT molecular complexity index is 508. The minimum Gasteiger partial charge on any atom is -0.396 e. The summed E-state index contributed by atoms with van der Waals surface area (Å²) in [5.41, 5.74) is -1.15. The van der Waals surface area contributed by atoms with E-state index in [4.69, 9.17) is 5.11 Å². The van der Waals surface area contributed by atoms with Gasteiger partial charge in [0.05, 0.1) is 12.1 Å². The lowest BCUT2D eigenvalue weighted by atomic mass is 10.1. The van der Waals surface area contributed by atoms with E-state index in [2.05, 4.69) is 4.98 Å². The summed E-state index contributed by atoms with van der Waals surface area (Å²) in [5.74, 6) is -0.464. The molecule has 1 heterocycles. The first-order chi connectivity index (χ1) is 8.04. The highest BCUT2D eigenvalue weighted by atomic mass is 16.3. The van der Waals surface area contributed by atoms with Crippen molar-refractivity contribution in [3.8, 4) is 0 Å². The molecule has 0 unspecified atom stereocenters. The van der Waals surface area contributed by atoms with Crippen molar-refractivity contribution in [3.05, 3.63) is 33.1 Å². The van der Waals surface area contributed by atoms with Crippen molar-refractivity contribution in [3.63, 3.8) is 0 Å². The number of hydrogen-bond donors (Lipinski definition) is 4. The summed E-state index contributed by atoms with van der Waals surface area (Å²) >= 11 is 0. The van der Waals surface area contributed by atoms with Gasteiger partial charge in [-0.3, -0.25) is 14.3 Å². The molecule has 94 valence electrons. The molecule has 0 aromatic carbocycles. The van der Waals surface area contributed by atoms with Gasteiger partial charge in [0, 0.05) is 24.8 Å². The van der Waals surface area contributed by atoms with E-state index < -0.39 is 35.4 Å². The van der Waals surface area contributed by atoms with Crippen molar-refractivity contribution in [1.29, 1.82) is 0 Å². The minimum absolute atomic E-state index is 0.257. The Morgan fingerprint density at radius 2 is 2.06 bits per heavy atom. The first-order valence-corrected chi connectivity index (χ1v) is 5.33. The zero-order chi connectivity index (χ0) is 12.6. The quantitative estimate of drug-likeness (QED) is 0.470. The molecule has 4 N–H and O–H groups in total. The number of rotatable bonds is 2. The molecule has 4 atom stereocenters. The molecular formula is C10H14N2O5. The van der Waals surface area contributed by atoms with Gasteiger partial charge < -0.3 is 15.3 Å². The van der Waals surface area contributed by atoms with Crippen molar-refractivity contribution in [2.75, 3.05) is 6.61 Å². The maximum Gasteiger partial charge on any atom is 0.328 e. The second-order valence-corrected chi connectivity index (χ2v) is 4.24. The standard InChI is InChI=1S/C10H14N2O5/c13-4-5-3-6(9(16)8(5)15)12-2-1-7(14)11-10(12)17/h1-2,5-6,8-9,13,15-16H,3-4H2,(H,11,14,17)/t5-,6-,8-,9-/m0/s1. The molecule has 0 spiro atoms. The highest BCUT2D eigenvalue weighted by molar-refractivity contribution is 4.97. The third kappa shape index (κ3) is 2.04. The van der Waals surface area contributed by atoms with Crippen molar-refractivity contribution < 1.29 is 15.3 Å². The maximum absolute atomic E-state index is 11.5. The van der Waals surface area contributed by atoms with Crippen LogP contribution < -0.4 is 11.2 Å². The summed E-state index contributed by atoms with van der Waals surface area (Å²) in [6, 6.07) is 0.541. The SMILES string of the molecule is O=c1ccn([C@H]2C[C@@H](CO)[C@H](O)[C@H]2O)c(=O)[nH]1. The molecule has 1 aromatic rings. The van der Waals surface area contributed by atoms with Crippen LogP contribution in [0.15, 0.2) is 21.9 Å². The third-order valence-electron chi connectivity index (χ3n) is 3.21. The third-order valence-corrected chi connectivity index (χ3v) is 3.21. The average Bonchev–Trinajstić information content (AvgIpc) is 2.57. The largest absolute Gasteiger partial charge is 0.396 e. The molecule has 0 amide bonds. The second kappa shape index (κ2) is 4.44. The number of H-pyrrole nitrogens is 1. The monoisotopic (exact) mass is 242 g/mol. The lowest BCUT2D eigenvalue weighted by Gasteiger charge is -2.18. The van der Waals surface area contributed by atoms with Crippen molar-refractivity contribution >= 4 is 0 Å². The molecule has 1 saturated carbocycles. The zero-order valence-corrected chi connectivity index (χ0v) is 8.98. The topological polar surface area (TPSA) is 116 Å². The van der Waals surface area contributed by atoms with Crippen LogP contribution >= 0.6 is 0 Å². The molecule has 1 aliphatic carbocycles. The summed E-state index contributed by atoms with van der Waals surface area (Å²) in [4.78, 5) is 24.5. The number of nitrogens with zero attached hydrogens (tertiary/aromatic N) is 1. The maximum atomic E-state index is 11.5. The molecule has 7 nitrogen and oxygen atoms in total. The highest BCUT2D eigenvalue weighted by Gasteiger charge is 2.42. The summed E-state index contributed by atoms with van der Waals surface area (Å²) in [6.45, 7) is -0.257. The van der Waals surface area contributed by atoms with Crippen LogP contribution in [-0.4, -0.2) is 43.7 Å². The van der Waals surface area contributed by atoms with Gasteiger partial charge in [-0.05, 0) is 6.42 Å². The predicted molar refractivity (Wildman–Crippen MR) is 57.6 cm³/mol. The van der Waals surface area contributed by atoms with Gasteiger partial charge in [-0.2, -0.15) is 0 Å². The van der Waals surface area contributed by atoms with E-state index in [0.717, 1.165) is 0 Å². The minimum atomic E-state index is -1.13. The fraction of sp³-hybridized carbons (Fsp3) is 0.600. The Kier molecular flexibility index (Phi) is 3.14. The summed E-state index contributed by atoms with van der Waals surface area (Å²) in [5, 5.41) is 28.4. The van der Waals surface area contributed by atoms with Gasteiger partial charge in [-0.15, -0.1) is 0 Å². The average molecular weight is 242 g/mol. The van der Waals surface area contributed by atoms with Gasteiger partial charge in [0.2, 0.25) is 0 Å². The van der Waals surface area contributed by atoms with Crippen molar-refractivity contribution in [1.82, 2.24) is 9.55 Å². The molecule has 1 aliphatic rings. The molecule has 7 heteroatoms. The highest BCUT2D eigenvalue weighted by Crippen LogP contribution is 2.33. The van der Waals surface area contributed by atoms with E-state index >= 15 is 0 Å². The lowest BCUT2D eigenvalue weighted by Crippen LogP contribution is -2.37. The molecule has 0 bridgehead atoms. The van der Waals surface area contributed by atoms with Crippen LogP contribution in [0.2, 0.25) is 0 Å². The van der Waals surface area contributed by atoms with E-state index in [-0.39, 0.29) is 13.0 Å². The van der Waals surface area contributed by atoms with E-state index in [1.54, 1.807) is 0 Å². The van der Waals surface area contributed by atoms with Gasteiger partial charge in [0.25, 0.3) is 5.56 Å². The number of aliphatic hydroxyl groups excluding tert-OH is 3. The van der Waals surface area contributed by atoms with Gasteiger partial charge in [0.15, 0.2) is 0 Å². The van der Waals surface area contributed by atoms with Crippen LogP contribution in [0.5, 0.6) is 0 Å². The molecule has 0 radical (unpaired) electrons. The van der Waals surface area contributed by atoms with E-state index in [9.17, 15) is 19.8 Å². The number of aliphatic hydroxyl groups is 3. The molecule has 0 aliphatic heterocycles. The number of nitrogens with one attached hydrogen (secondary N) is 1. The van der Waals surface area contributed by atoms with E-state index in [1.165, 1.54) is 16.8 Å². The molecular weight excluding hydrogens is 228 g/mol. The van der Waals surface area contributed by atoms with Crippen LogP contribution in [0.25, 0.3) is 0 Å². The van der Waals surface area contributed by atoms with Gasteiger partial charge in [-0.25, -0.2) is 4.79 Å². The molecule has 2 rings (SSSR count). The molecule has 17 heavy (non-hydrogen) atoms. The molecule has 0 saturated heterocycles. The molecule has 1 aromatic heterocycles. The number of hydrogen-bond acceptors (Lipinski definition) is 5. The van der Waals surface area contributed by atoms with Crippen LogP contribution in [-0.2, 0) is 0 Å². The summed E-state index contributed by atoms with van der Waals surface area (Å²) < 4.78 is 1.17. The molecule has 1 fully saturated rings.